The molecule has 69 heavy (non-hydrogen) atoms. The molecule has 2 aromatic heterocycles. The Bertz CT molecular complexity index is 3060. The van der Waals surface area contributed by atoms with Gasteiger partial charge < -0.3 is 23.8 Å². The Balaban J connectivity index is 0.729. The number of alkyl halides is 1. The zero-order valence-electron chi connectivity index (χ0n) is 37.2. The van der Waals surface area contributed by atoms with Crippen molar-refractivity contribution in [2.75, 3.05) is 44.7 Å². The van der Waals surface area contributed by atoms with Crippen LogP contribution in [-0.4, -0.2) is 121 Å². The molecule has 1 N–H and O–H groups in total. The number of nitrogens with one attached hydrogen (secondary N) is 1. The fourth-order valence-corrected chi connectivity index (χ4v) is 11.0. The third kappa shape index (κ3) is 8.40. The second kappa shape index (κ2) is 18.2. The Morgan fingerprint density at radius 3 is 2.42 bits per heavy atom. The Morgan fingerprint density at radius 2 is 1.72 bits per heavy atom. The van der Waals surface area contributed by atoms with E-state index in [1.165, 1.54) is 29.1 Å². The second-order valence-electron chi connectivity index (χ2n) is 18.2. The second-order valence-corrected chi connectivity index (χ2v) is 19.4. The number of ether oxygens (including phenoxy) is 2. The van der Waals surface area contributed by atoms with Crippen molar-refractivity contribution in [1.29, 1.82) is 5.26 Å². The summed E-state index contributed by atoms with van der Waals surface area (Å²) in [6.07, 6.45) is 5.11. The van der Waals surface area contributed by atoms with Crippen LogP contribution in [0.5, 0.6) is 17.2 Å². The van der Waals surface area contributed by atoms with Crippen LogP contribution in [0.3, 0.4) is 0 Å². The van der Waals surface area contributed by atoms with E-state index in [4.69, 9.17) is 9.47 Å². The number of pyridine rings is 1. The Morgan fingerprint density at radius 1 is 0.957 bits per heavy atom. The molecule has 1 aliphatic carbocycles. The van der Waals surface area contributed by atoms with E-state index in [9.17, 15) is 42.4 Å². The van der Waals surface area contributed by atoms with Crippen molar-refractivity contribution in [2.24, 2.45) is 5.92 Å². The van der Waals surface area contributed by atoms with Crippen molar-refractivity contribution in [3.8, 4) is 29.0 Å². The van der Waals surface area contributed by atoms with Gasteiger partial charge in [0.15, 0.2) is 40.3 Å². The molecule has 3 aromatic carbocycles. The normalized spacial score (nSPS) is 24.3. The number of imide groups is 2. The van der Waals surface area contributed by atoms with Crippen LogP contribution in [0.4, 0.5) is 20.3 Å². The van der Waals surface area contributed by atoms with Crippen molar-refractivity contribution in [1.82, 2.24) is 33.5 Å². The summed E-state index contributed by atoms with van der Waals surface area (Å²) in [5.74, 6) is -1.99. The van der Waals surface area contributed by atoms with Gasteiger partial charge in [0, 0.05) is 57.4 Å². The number of halogens is 2. The summed E-state index contributed by atoms with van der Waals surface area (Å²) in [5, 5.41) is 12.4. The zero-order chi connectivity index (χ0) is 48.3. The summed E-state index contributed by atoms with van der Waals surface area (Å²) in [4.78, 5) is 78.8. The van der Waals surface area contributed by atoms with Gasteiger partial charge in [0.05, 0.1) is 40.5 Å². The largest absolute Gasteiger partial charge is 0.724 e. The van der Waals surface area contributed by atoms with E-state index in [2.05, 4.69) is 32.1 Å². The third-order valence-electron chi connectivity index (χ3n) is 14.1. The predicted molar refractivity (Wildman–Crippen MR) is 244 cm³/mol. The molecule has 6 heterocycles. The van der Waals surface area contributed by atoms with Crippen LogP contribution >= 0.6 is 0 Å². The molecule has 4 atom stereocenters. The number of carbonyl (C=O) groups is 4. The minimum Gasteiger partial charge on any atom is -0.724 e. The molecule has 4 fully saturated rings. The van der Waals surface area contributed by atoms with E-state index in [0.717, 1.165) is 68.2 Å². The minimum atomic E-state index is -2.87. The van der Waals surface area contributed by atoms with Crippen LogP contribution in [0.15, 0.2) is 78.0 Å². The molecule has 0 bridgehead atoms. The lowest BCUT2D eigenvalue weighted by atomic mass is 9.86. The number of amides is 4. The van der Waals surface area contributed by atoms with E-state index in [0.29, 0.717) is 28.9 Å². The first kappa shape index (κ1) is 45.8. The molecule has 21 heteroatoms. The highest BCUT2D eigenvalue weighted by Gasteiger charge is 2.47. The average molecular weight is 962 g/mol. The van der Waals surface area contributed by atoms with E-state index in [-0.39, 0.29) is 59.9 Å². The number of hydrogen-bond acceptors (Lipinski definition) is 14. The number of nitriles is 1. The van der Waals surface area contributed by atoms with Crippen molar-refractivity contribution in [3.63, 3.8) is 0 Å². The molecule has 356 valence electrons. The maximum Gasteiger partial charge on any atom is 0.265 e. The van der Waals surface area contributed by atoms with Crippen LogP contribution in [0.1, 0.15) is 71.2 Å². The van der Waals surface area contributed by atoms with Crippen LogP contribution in [0, 0.1) is 23.1 Å². The summed E-state index contributed by atoms with van der Waals surface area (Å²) in [5.41, 5.74) is 0.224. The molecular formula is C48H45F2N9O9S. The number of rotatable bonds is 12. The molecule has 3 unspecified atom stereocenters. The van der Waals surface area contributed by atoms with Gasteiger partial charge in [-0.1, -0.05) is 0 Å². The van der Waals surface area contributed by atoms with Crippen LogP contribution < -0.4 is 29.1 Å². The monoisotopic (exact) mass is 961 g/mol. The van der Waals surface area contributed by atoms with Crippen molar-refractivity contribution in [3.05, 3.63) is 106 Å². The molecule has 1 saturated carbocycles. The van der Waals surface area contributed by atoms with Gasteiger partial charge >= 0.3 is 0 Å². The summed E-state index contributed by atoms with van der Waals surface area (Å²) < 4.78 is 66.9. The van der Waals surface area contributed by atoms with Gasteiger partial charge in [0.2, 0.25) is 11.8 Å². The van der Waals surface area contributed by atoms with Crippen LogP contribution in [0.2, 0.25) is 0 Å². The maximum atomic E-state index is 15.3. The third-order valence-corrected chi connectivity index (χ3v) is 15.2. The van der Waals surface area contributed by atoms with Gasteiger partial charge in [-0.3, -0.25) is 38.8 Å². The van der Waals surface area contributed by atoms with E-state index >= 15 is 4.39 Å². The van der Waals surface area contributed by atoms with Gasteiger partial charge in [0.25, 0.3) is 17.4 Å². The fraction of sp³-hybridized carbons (Fsp3) is 0.375. The van der Waals surface area contributed by atoms with Gasteiger partial charge in [-0.15, -0.1) is 0 Å². The summed E-state index contributed by atoms with van der Waals surface area (Å²) in [7, 11) is 2.12. The molecule has 0 spiro atoms. The smallest absolute Gasteiger partial charge is 0.265 e. The number of hydrogen-bond donors (Lipinski definition) is 1. The highest BCUT2D eigenvalue weighted by molar-refractivity contribution is 7.78. The molecular weight excluding hydrogens is 917 g/mol. The van der Waals surface area contributed by atoms with Crippen molar-refractivity contribution < 1.29 is 46.2 Å². The number of quaternary nitrogens is 1. The topological polar surface area (TPSA) is 220 Å². The van der Waals surface area contributed by atoms with Gasteiger partial charge in [-0.05, 0) is 86.8 Å². The fourth-order valence-electron chi connectivity index (χ4n) is 10.2. The number of carbonyl (C=O) groups excluding carboxylic acids is 4. The zero-order valence-corrected chi connectivity index (χ0v) is 38.0. The molecule has 10 rings (SSSR count). The standard InChI is InChI=1S/C48H45F2N9O9S/c1-55(30-18-33(19-30)67-31-3-5-34-35(20-31)48(64)58(47(34)63)40-8-11-43(60)54-45(40)61)24-27-12-15-56(16-13-27)42-10-2-29(23-52-42)57-26-53-39-7-4-32(21-36(39)46(57)62)68-44-37(22-51)41(9-6-38(44)50)59(69(65)66)17-14-28(49)25-59/h2-7,9-10,20-21,23,26-28,30,33,40H,8,11-19,24-25H2,1H3,(H-,54,60,61,65,66)/t28-,30?,33?,40?,59?/m1/s1. The van der Waals surface area contributed by atoms with Gasteiger partial charge in [-0.2, -0.15) is 5.26 Å². The Labute approximate surface area is 396 Å². The molecule has 3 saturated heterocycles. The number of piperidine rings is 2. The SMILES string of the molecule is CN(CC1CCN(c2ccc(-n3cnc4ccc(Oc5c(F)ccc([N+]6(S(=O)[O-])CC[C@@H](F)C6)c5C#N)cc4c3=O)cn2)CC1)C1CC(Oc2ccc3c(c2)C(=O)N(C2CCC(=O)NC2=O)C3=O)C1. The highest BCUT2D eigenvalue weighted by Crippen LogP contribution is 2.42. The summed E-state index contributed by atoms with van der Waals surface area (Å²) >= 11 is -2.87. The Hall–Kier alpha value is -6.99. The van der Waals surface area contributed by atoms with E-state index in [1.54, 1.807) is 30.5 Å². The molecule has 5 aliphatic rings. The Kier molecular flexibility index (Phi) is 12.0. The van der Waals surface area contributed by atoms with E-state index < -0.39 is 80.2 Å². The molecule has 0 radical (unpaired) electrons. The first-order valence-electron chi connectivity index (χ1n) is 22.7. The molecule has 4 aliphatic heterocycles. The first-order valence-corrected chi connectivity index (χ1v) is 23.7. The number of aromatic nitrogens is 3. The van der Waals surface area contributed by atoms with Crippen molar-refractivity contribution >= 4 is 57.3 Å². The van der Waals surface area contributed by atoms with Crippen molar-refractivity contribution in [2.45, 2.75) is 69.3 Å². The number of nitrogens with zero attached hydrogens (tertiary/aromatic N) is 8. The summed E-state index contributed by atoms with van der Waals surface area (Å²) in [6, 6.07) is 16.0. The average Bonchev–Trinajstić information content (AvgIpc) is 3.84. The lowest BCUT2D eigenvalue weighted by Gasteiger charge is -2.43. The van der Waals surface area contributed by atoms with E-state index in [1.807, 2.05) is 12.1 Å². The lowest BCUT2D eigenvalue weighted by Crippen LogP contribution is -2.54. The predicted octanol–water partition coefficient (Wildman–Crippen LogP) is 4.59. The summed E-state index contributed by atoms with van der Waals surface area (Å²) in [6.45, 7) is 1.94. The molecule has 18 nitrogen and oxygen atoms in total. The van der Waals surface area contributed by atoms with Gasteiger partial charge in [-0.25, -0.2) is 26.8 Å². The van der Waals surface area contributed by atoms with Crippen LogP contribution in [0.25, 0.3) is 16.6 Å². The maximum absolute atomic E-state index is 15.3. The first-order chi connectivity index (χ1) is 33.2. The molecule has 5 aromatic rings. The lowest BCUT2D eigenvalue weighted by molar-refractivity contribution is -0.136. The minimum absolute atomic E-state index is 0.00463. The molecule has 4 amide bonds. The number of anilines is 1. The number of benzene rings is 3. The van der Waals surface area contributed by atoms with Gasteiger partial charge in [0.1, 0.15) is 48.4 Å². The quantitative estimate of drug-likeness (QED) is 0.103. The number of fused-ring (bicyclic) bond motifs is 2. The van der Waals surface area contributed by atoms with Crippen LogP contribution in [-0.2, 0) is 20.9 Å². The highest BCUT2D eigenvalue weighted by atomic mass is 32.2.